The maximum absolute atomic E-state index is 13.3. The van der Waals surface area contributed by atoms with Crippen LogP contribution >= 0.6 is 0 Å². The summed E-state index contributed by atoms with van der Waals surface area (Å²) in [4.78, 5) is -0.00143. The quantitative estimate of drug-likeness (QED) is 0.812. The van der Waals surface area contributed by atoms with Gasteiger partial charge in [-0.3, -0.25) is 0 Å². The third-order valence-electron chi connectivity index (χ3n) is 3.63. The van der Waals surface area contributed by atoms with Crippen LogP contribution in [0.2, 0.25) is 0 Å². The molecule has 0 atom stereocenters. The van der Waals surface area contributed by atoms with E-state index in [4.69, 9.17) is 5.73 Å². The molecule has 6 heteroatoms. The van der Waals surface area contributed by atoms with Crippen LogP contribution < -0.4 is 10.5 Å². The first-order chi connectivity index (χ1) is 10.0. The molecule has 0 unspecified atom stereocenters. The van der Waals surface area contributed by atoms with Crippen molar-refractivity contribution in [3.63, 3.8) is 0 Å². The summed E-state index contributed by atoms with van der Waals surface area (Å²) in [7, 11) is -3.68. The molecule has 0 aliphatic heterocycles. The minimum Gasteiger partial charge on any atom is -0.320 e. The summed E-state index contributed by atoms with van der Waals surface area (Å²) >= 11 is 0. The molecular formula is C15H19FN2O2S. The SMILES string of the molecule is NCC#Cc1cc(F)ccc1S(=O)(=O)NCCC1CCC1. The molecule has 0 spiro atoms. The predicted molar refractivity (Wildman–Crippen MR) is 79.5 cm³/mol. The molecule has 1 aromatic carbocycles. The zero-order valence-corrected chi connectivity index (χ0v) is 12.5. The number of nitrogens with two attached hydrogens (primary N) is 1. The largest absolute Gasteiger partial charge is 0.320 e. The lowest BCUT2D eigenvalue weighted by atomic mass is 9.83. The Hall–Kier alpha value is -1.42. The standard InChI is InChI=1S/C15H19FN2O2S/c16-14-6-7-15(13(11-14)5-2-9-17)21(19,20)18-10-8-12-3-1-4-12/h6-7,11-12,18H,1,3-4,8-10,17H2. The predicted octanol–water partition coefficient (Wildman–Crippen LogP) is 1.60. The van der Waals surface area contributed by atoms with Gasteiger partial charge >= 0.3 is 0 Å². The van der Waals surface area contributed by atoms with E-state index in [0.717, 1.165) is 18.6 Å². The fourth-order valence-corrected chi connectivity index (χ4v) is 3.43. The van der Waals surface area contributed by atoms with Gasteiger partial charge in [0, 0.05) is 12.1 Å². The van der Waals surface area contributed by atoms with Crippen molar-refractivity contribution in [1.82, 2.24) is 4.72 Å². The first kappa shape index (κ1) is 16.0. The van der Waals surface area contributed by atoms with Crippen LogP contribution in [0.4, 0.5) is 4.39 Å². The monoisotopic (exact) mass is 310 g/mol. The van der Waals surface area contributed by atoms with E-state index in [1.54, 1.807) is 0 Å². The van der Waals surface area contributed by atoms with Crippen LogP contribution in [0.15, 0.2) is 23.1 Å². The van der Waals surface area contributed by atoms with Crippen LogP contribution in [0.25, 0.3) is 0 Å². The van der Waals surface area contributed by atoms with Crippen molar-refractivity contribution in [2.45, 2.75) is 30.6 Å². The Kier molecular flexibility index (Phi) is 5.34. The fourth-order valence-electron chi connectivity index (χ4n) is 2.24. The maximum Gasteiger partial charge on any atom is 0.241 e. The van der Waals surface area contributed by atoms with Gasteiger partial charge in [0.2, 0.25) is 10.0 Å². The van der Waals surface area contributed by atoms with Gasteiger partial charge in [-0.15, -0.1) is 0 Å². The first-order valence-electron chi connectivity index (χ1n) is 7.01. The van der Waals surface area contributed by atoms with Crippen molar-refractivity contribution in [3.8, 4) is 11.8 Å². The normalized spacial score (nSPS) is 15.1. The molecule has 0 saturated heterocycles. The fraction of sp³-hybridized carbons (Fsp3) is 0.467. The molecule has 114 valence electrons. The van der Waals surface area contributed by atoms with Crippen LogP contribution in [-0.2, 0) is 10.0 Å². The van der Waals surface area contributed by atoms with E-state index in [1.165, 1.54) is 25.3 Å². The summed E-state index contributed by atoms with van der Waals surface area (Å²) in [5.41, 5.74) is 5.41. The zero-order chi connectivity index (χ0) is 15.3. The van der Waals surface area contributed by atoms with Crippen LogP contribution in [0, 0.1) is 23.6 Å². The molecule has 0 amide bonds. The molecule has 1 fully saturated rings. The Labute approximate surface area is 125 Å². The van der Waals surface area contributed by atoms with Gasteiger partial charge in [0.1, 0.15) is 5.82 Å². The topological polar surface area (TPSA) is 72.2 Å². The van der Waals surface area contributed by atoms with Crippen molar-refractivity contribution in [1.29, 1.82) is 0 Å². The summed E-state index contributed by atoms with van der Waals surface area (Å²) < 4.78 is 40.4. The van der Waals surface area contributed by atoms with Crippen molar-refractivity contribution < 1.29 is 12.8 Å². The van der Waals surface area contributed by atoms with Gasteiger partial charge in [-0.2, -0.15) is 0 Å². The molecular weight excluding hydrogens is 291 g/mol. The van der Waals surface area contributed by atoms with Gasteiger partial charge in [0.15, 0.2) is 0 Å². The van der Waals surface area contributed by atoms with E-state index in [-0.39, 0.29) is 17.0 Å². The Bertz CT molecular complexity index is 658. The molecule has 1 aliphatic rings. The van der Waals surface area contributed by atoms with Crippen molar-refractivity contribution in [2.75, 3.05) is 13.1 Å². The number of nitrogens with one attached hydrogen (secondary N) is 1. The van der Waals surface area contributed by atoms with Crippen LogP contribution in [0.3, 0.4) is 0 Å². The van der Waals surface area contributed by atoms with Crippen LogP contribution in [-0.4, -0.2) is 21.5 Å². The molecule has 0 aromatic heterocycles. The Morgan fingerprint density at radius 1 is 1.38 bits per heavy atom. The van der Waals surface area contributed by atoms with Gasteiger partial charge < -0.3 is 5.73 Å². The van der Waals surface area contributed by atoms with Gasteiger partial charge in [-0.1, -0.05) is 31.1 Å². The molecule has 21 heavy (non-hydrogen) atoms. The van der Waals surface area contributed by atoms with Gasteiger partial charge in [-0.05, 0) is 30.5 Å². The lowest BCUT2D eigenvalue weighted by Crippen LogP contribution is -2.28. The minimum atomic E-state index is -3.68. The maximum atomic E-state index is 13.3. The van der Waals surface area contributed by atoms with Crippen molar-refractivity contribution >= 4 is 10.0 Å². The summed E-state index contributed by atoms with van der Waals surface area (Å²) in [6.07, 6.45) is 4.41. The van der Waals surface area contributed by atoms with E-state index in [2.05, 4.69) is 16.6 Å². The van der Waals surface area contributed by atoms with Crippen LogP contribution in [0.1, 0.15) is 31.2 Å². The summed E-state index contributed by atoms with van der Waals surface area (Å²) in [5.74, 6) is 5.26. The summed E-state index contributed by atoms with van der Waals surface area (Å²) in [6.45, 7) is 0.485. The molecule has 0 bridgehead atoms. The number of sulfonamides is 1. The number of benzene rings is 1. The van der Waals surface area contributed by atoms with Gasteiger partial charge in [0.25, 0.3) is 0 Å². The second kappa shape index (κ2) is 7.03. The van der Waals surface area contributed by atoms with Crippen molar-refractivity contribution in [3.05, 3.63) is 29.6 Å². The average Bonchev–Trinajstić information content (AvgIpc) is 2.39. The smallest absolute Gasteiger partial charge is 0.241 e. The Balaban J connectivity index is 2.13. The minimum absolute atomic E-state index is 0.00143. The summed E-state index contributed by atoms with van der Waals surface area (Å²) in [6, 6.07) is 3.47. The molecule has 0 radical (unpaired) electrons. The molecule has 4 nitrogen and oxygen atoms in total. The highest BCUT2D eigenvalue weighted by Gasteiger charge is 2.21. The summed E-state index contributed by atoms with van der Waals surface area (Å²) in [5, 5.41) is 0. The molecule has 1 aliphatic carbocycles. The number of rotatable bonds is 5. The second-order valence-corrected chi connectivity index (χ2v) is 6.87. The van der Waals surface area contributed by atoms with Gasteiger partial charge in [-0.25, -0.2) is 17.5 Å². The molecule has 3 N–H and O–H groups in total. The number of hydrogen-bond acceptors (Lipinski definition) is 3. The van der Waals surface area contributed by atoms with E-state index in [0.29, 0.717) is 12.5 Å². The van der Waals surface area contributed by atoms with Crippen molar-refractivity contribution in [2.24, 2.45) is 11.7 Å². The number of hydrogen-bond donors (Lipinski definition) is 2. The zero-order valence-electron chi connectivity index (χ0n) is 11.7. The highest BCUT2D eigenvalue weighted by molar-refractivity contribution is 7.89. The average molecular weight is 310 g/mol. The molecule has 1 aromatic rings. The lowest BCUT2D eigenvalue weighted by molar-refractivity contribution is 0.297. The van der Waals surface area contributed by atoms with E-state index >= 15 is 0 Å². The molecule has 0 heterocycles. The third-order valence-corrected chi connectivity index (χ3v) is 5.14. The highest BCUT2D eigenvalue weighted by atomic mass is 32.2. The third kappa shape index (κ3) is 4.27. The van der Waals surface area contributed by atoms with E-state index in [9.17, 15) is 12.8 Å². The molecule has 2 rings (SSSR count). The molecule has 1 saturated carbocycles. The van der Waals surface area contributed by atoms with Gasteiger partial charge in [0.05, 0.1) is 11.4 Å². The van der Waals surface area contributed by atoms with E-state index in [1.807, 2.05) is 0 Å². The Morgan fingerprint density at radius 3 is 2.76 bits per heavy atom. The highest BCUT2D eigenvalue weighted by Crippen LogP contribution is 2.29. The lowest BCUT2D eigenvalue weighted by Gasteiger charge is -2.25. The second-order valence-electron chi connectivity index (χ2n) is 5.13. The number of halogens is 1. The van der Waals surface area contributed by atoms with E-state index < -0.39 is 15.8 Å². The van der Waals surface area contributed by atoms with Crippen LogP contribution in [0.5, 0.6) is 0 Å². The first-order valence-corrected chi connectivity index (χ1v) is 8.49. The Morgan fingerprint density at radius 2 is 2.14 bits per heavy atom.